The van der Waals surface area contributed by atoms with E-state index in [-0.39, 0.29) is 0 Å². The molecule has 0 aliphatic carbocycles. The number of carboxylic acid groups (broad SMARTS) is 2. The zero-order valence-electron chi connectivity index (χ0n) is 21.9. The Bertz CT molecular complexity index is 1160. The van der Waals surface area contributed by atoms with Gasteiger partial charge in [-0.25, -0.2) is 9.59 Å². The molecule has 0 fully saturated rings. The number of nitrogens with two attached hydrogens (primary N) is 1. The lowest BCUT2D eigenvalue weighted by Gasteiger charge is -2.18. The SMILES string of the molecule is NNc1ccccc1.O=C(NNc1ccccc1)C(O)C(O)C(=O)NNc1ccccc1.O=C(O)C(O)C(O)C(=O)O. The number of benzene rings is 3. The Morgan fingerprint density at radius 2 is 0.786 bits per heavy atom. The molecule has 0 aliphatic heterocycles. The molecule has 16 heteroatoms. The van der Waals surface area contributed by atoms with Gasteiger partial charge in [0.1, 0.15) is 0 Å². The van der Waals surface area contributed by atoms with Crippen LogP contribution in [-0.2, 0) is 19.2 Å². The van der Waals surface area contributed by atoms with Gasteiger partial charge in [-0.2, -0.15) is 0 Å². The van der Waals surface area contributed by atoms with Crippen LogP contribution >= 0.6 is 0 Å². The smallest absolute Gasteiger partial charge is 0.335 e. The van der Waals surface area contributed by atoms with Crippen LogP contribution in [0.4, 0.5) is 17.1 Å². The number of aliphatic carboxylic acids is 2. The first kappa shape index (κ1) is 34.8. The van der Waals surface area contributed by atoms with E-state index in [0.717, 1.165) is 5.69 Å². The van der Waals surface area contributed by atoms with Gasteiger partial charge in [0.05, 0.1) is 11.4 Å². The molecule has 3 aromatic rings. The Balaban J connectivity index is 0.000000400. The van der Waals surface area contributed by atoms with E-state index in [9.17, 15) is 29.4 Å². The normalized spacial score (nSPS) is 12.6. The first-order chi connectivity index (χ1) is 20.0. The van der Waals surface area contributed by atoms with Crippen molar-refractivity contribution in [3.63, 3.8) is 0 Å². The van der Waals surface area contributed by atoms with Gasteiger partial charge in [-0.15, -0.1) is 0 Å². The van der Waals surface area contributed by atoms with Crippen molar-refractivity contribution in [2.75, 3.05) is 16.3 Å². The fourth-order valence-corrected chi connectivity index (χ4v) is 2.55. The molecule has 0 saturated heterocycles. The van der Waals surface area contributed by atoms with E-state index in [2.05, 4.69) is 27.1 Å². The lowest BCUT2D eigenvalue weighted by molar-refractivity contribution is -0.165. The number of amides is 2. The summed E-state index contributed by atoms with van der Waals surface area (Å²) in [6.45, 7) is 0. The van der Waals surface area contributed by atoms with Crippen LogP contribution in [0.3, 0.4) is 0 Å². The molecule has 0 spiro atoms. The number of nitrogen functional groups attached to an aromatic ring is 1. The number of hydrogen-bond donors (Lipinski definition) is 12. The maximum absolute atomic E-state index is 11.8. The van der Waals surface area contributed by atoms with Crippen molar-refractivity contribution in [1.82, 2.24) is 10.9 Å². The van der Waals surface area contributed by atoms with Crippen LogP contribution in [-0.4, -0.2) is 78.8 Å². The van der Waals surface area contributed by atoms with Gasteiger partial charge >= 0.3 is 11.9 Å². The third-order valence-corrected chi connectivity index (χ3v) is 4.79. The summed E-state index contributed by atoms with van der Waals surface area (Å²) in [4.78, 5) is 43.0. The van der Waals surface area contributed by atoms with Crippen LogP contribution < -0.4 is 33.0 Å². The third kappa shape index (κ3) is 13.2. The summed E-state index contributed by atoms with van der Waals surface area (Å²) in [7, 11) is 0. The van der Waals surface area contributed by atoms with Crippen LogP contribution in [0.15, 0.2) is 91.0 Å². The molecule has 0 heterocycles. The Kier molecular flexibility index (Phi) is 15.7. The topological polar surface area (TPSA) is 276 Å². The monoisotopic (exact) mass is 588 g/mol. The molecule has 0 saturated carbocycles. The van der Waals surface area contributed by atoms with Crippen LogP contribution in [0.1, 0.15) is 0 Å². The van der Waals surface area contributed by atoms with Crippen molar-refractivity contribution in [2.24, 2.45) is 5.84 Å². The average Bonchev–Trinajstić information content (AvgIpc) is 3.02. The number of aliphatic hydroxyl groups is 4. The van der Waals surface area contributed by atoms with E-state index in [1.165, 1.54) is 0 Å². The van der Waals surface area contributed by atoms with Gasteiger partial charge in [-0.05, 0) is 36.4 Å². The molecule has 0 bridgehead atoms. The van der Waals surface area contributed by atoms with E-state index in [1.807, 2.05) is 30.3 Å². The predicted octanol–water partition coefficient (Wildman–Crippen LogP) is -1.16. The zero-order chi connectivity index (χ0) is 31.5. The summed E-state index contributed by atoms with van der Waals surface area (Å²) in [5, 5.41) is 52.0. The van der Waals surface area contributed by atoms with Crippen molar-refractivity contribution in [3.8, 4) is 0 Å². The molecule has 226 valence electrons. The number of rotatable bonds is 11. The highest BCUT2D eigenvalue weighted by atomic mass is 16.4. The molecule has 4 unspecified atom stereocenters. The minimum atomic E-state index is -2.27. The van der Waals surface area contributed by atoms with Gasteiger partial charge in [0.15, 0.2) is 24.4 Å². The number of carboxylic acids is 2. The van der Waals surface area contributed by atoms with E-state index in [0.29, 0.717) is 11.4 Å². The van der Waals surface area contributed by atoms with Gasteiger partial charge in [0, 0.05) is 5.69 Å². The molecule has 3 aromatic carbocycles. The molecular weight excluding hydrogens is 556 g/mol. The largest absolute Gasteiger partial charge is 0.479 e. The molecule has 16 nitrogen and oxygen atoms in total. The fourth-order valence-electron chi connectivity index (χ4n) is 2.55. The Hall–Kier alpha value is -5.26. The van der Waals surface area contributed by atoms with Gasteiger partial charge in [0.2, 0.25) is 0 Å². The summed E-state index contributed by atoms with van der Waals surface area (Å²) < 4.78 is 0. The molecule has 0 aliphatic rings. The predicted molar refractivity (Wildman–Crippen MR) is 150 cm³/mol. The molecule has 0 aromatic heterocycles. The van der Waals surface area contributed by atoms with Crippen LogP contribution in [0, 0.1) is 0 Å². The van der Waals surface area contributed by atoms with E-state index >= 15 is 0 Å². The lowest BCUT2D eigenvalue weighted by Crippen LogP contribution is -2.51. The van der Waals surface area contributed by atoms with Crippen LogP contribution in [0.2, 0.25) is 0 Å². The number of carbonyl (C=O) groups is 4. The van der Waals surface area contributed by atoms with Crippen molar-refractivity contribution in [3.05, 3.63) is 91.0 Å². The minimum absolute atomic E-state index is 0.586. The molecule has 4 atom stereocenters. The Morgan fingerprint density at radius 3 is 1.02 bits per heavy atom. The summed E-state index contributed by atoms with van der Waals surface area (Å²) in [5.74, 6) is -0.324. The Morgan fingerprint density at radius 1 is 0.500 bits per heavy atom. The fraction of sp³-hybridized carbons (Fsp3) is 0.154. The number of hydrogen-bond acceptors (Lipinski definition) is 12. The van der Waals surface area contributed by atoms with Crippen LogP contribution in [0.5, 0.6) is 0 Å². The molecule has 13 N–H and O–H groups in total. The third-order valence-electron chi connectivity index (χ3n) is 4.79. The van der Waals surface area contributed by atoms with Gasteiger partial charge < -0.3 is 36.1 Å². The number of nitrogens with one attached hydrogen (secondary N) is 5. The Labute approximate surface area is 239 Å². The summed E-state index contributed by atoms with van der Waals surface area (Å²) in [6, 6.07) is 27.0. The van der Waals surface area contributed by atoms with Gasteiger partial charge in [0.25, 0.3) is 11.8 Å². The molecule has 2 amide bonds. The summed E-state index contributed by atoms with van der Waals surface area (Å²) >= 11 is 0. The summed E-state index contributed by atoms with van der Waals surface area (Å²) in [6.07, 6.45) is -8.40. The zero-order valence-corrected chi connectivity index (χ0v) is 21.9. The van der Waals surface area contributed by atoms with Crippen LogP contribution in [0.25, 0.3) is 0 Å². The molecular formula is C26H32N6O10. The molecule has 0 radical (unpaired) electrons. The number of carbonyl (C=O) groups excluding carboxylic acids is 2. The standard InChI is InChI=1S/C16H18N4O4.C6H8N2.C4H6O6/c21-13(15(23)19-17-11-7-3-1-4-8-11)14(22)16(24)20-18-12-9-5-2-6-10-12;7-8-6-4-2-1-3-5-6;5-1(3(7)8)2(6)4(9)10/h1-10,13-14,17-18,21-22H,(H,19,23)(H,20,24);1-5,8H,7H2;1-2,5-6H,(H,7,8)(H,9,10). The maximum atomic E-state index is 11.8. The van der Waals surface area contributed by atoms with E-state index < -0.39 is 48.2 Å². The molecule has 3 rings (SSSR count). The lowest BCUT2D eigenvalue weighted by atomic mass is 10.2. The summed E-state index contributed by atoms with van der Waals surface area (Å²) in [5.41, 5.74) is 14.2. The van der Waals surface area contributed by atoms with Crippen molar-refractivity contribution < 1.29 is 49.8 Å². The number of para-hydroxylation sites is 3. The number of hydrazine groups is 3. The average molecular weight is 589 g/mol. The second kappa shape index (κ2) is 18.9. The highest BCUT2D eigenvalue weighted by Gasteiger charge is 2.30. The van der Waals surface area contributed by atoms with Crippen molar-refractivity contribution in [2.45, 2.75) is 24.4 Å². The number of aliphatic hydroxyl groups excluding tert-OH is 4. The van der Waals surface area contributed by atoms with E-state index in [1.54, 1.807) is 60.7 Å². The number of anilines is 3. The second-order valence-electron chi connectivity index (χ2n) is 7.93. The van der Waals surface area contributed by atoms with Crippen molar-refractivity contribution in [1.29, 1.82) is 0 Å². The molecule has 42 heavy (non-hydrogen) atoms. The second-order valence-corrected chi connectivity index (χ2v) is 7.93. The van der Waals surface area contributed by atoms with Crippen molar-refractivity contribution >= 4 is 40.8 Å². The quantitative estimate of drug-likeness (QED) is 0.0931. The van der Waals surface area contributed by atoms with Gasteiger partial charge in [-0.1, -0.05) is 54.6 Å². The highest BCUT2D eigenvalue weighted by Crippen LogP contribution is 2.05. The minimum Gasteiger partial charge on any atom is -0.479 e. The first-order valence-electron chi connectivity index (χ1n) is 11.9. The van der Waals surface area contributed by atoms with E-state index in [4.69, 9.17) is 26.3 Å². The highest BCUT2D eigenvalue weighted by molar-refractivity contribution is 5.91. The maximum Gasteiger partial charge on any atom is 0.335 e. The first-order valence-corrected chi connectivity index (χ1v) is 11.9. The van der Waals surface area contributed by atoms with Gasteiger partial charge in [-0.3, -0.25) is 37.1 Å².